The first kappa shape index (κ1) is 35.8. The highest BCUT2D eigenvalue weighted by Crippen LogP contribution is 2.68. The molecule has 0 bridgehead atoms. The zero-order valence-electron chi connectivity index (χ0n) is 29.8. The van der Waals surface area contributed by atoms with Crippen LogP contribution in [-0.4, -0.2) is 83.0 Å². The number of Topliss-reactive ketones (excluding diaryl/α,β-unsaturated/α-hetero) is 1. The number of hydrogen-bond acceptors (Lipinski definition) is 9. The van der Waals surface area contributed by atoms with Crippen molar-refractivity contribution in [3.63, 3.8) is 0 Å². The van der Waals surface area contributed by atoms with Crippen LogP contribution in [0.4, 0.5) is 0 Å². The number of hydrogen-bond donors (Lipinski definition) is 1. The largest absolute Gasteiger partial charge is 0.460 e. The first-order valence-electron chi connectivity index (χ1n) is 17.2. The number of benzene rings is 2. The Labute approximate surface area is 290 Å². The molecule has 264 valence electrons. The molecule has 2 aromatic rings. The summed E-state index contributed by atoms with van der Waals surface area (Å²) in [5.74, 6) is -3.82. The molecule has 4 aliphatic rings. The van der Waals surface area contributed by atoms with Gasteiger partial charge in [-0.15, -0.1) is 0 Å². The number of allylic oxidation sites excluding steroid dienone is 1. The minimum Gasteiger partial charge on any atom is -0.460 e. The van der Waals surface area contributed by atoms with Gasteiger partial charge in [0.15, 0.2) is 17.7 Å². The normalized spacial score (nSPS) is 36.0. The third kappa shape index (κ3) is 5.16. The number of aliphatic hydroxyl groups excluding tert-OH is 1. The molecule has 9 nitrogen and oxygen atoms in total. The zero-order chi connectivity index (χ0) is 35.5. The number of carbonyl (C=O) groups excluding carboxylic acids is 3. The molecule has 1 N–H and O–H groups in total. The van der Waals surface area contributed by atoms with Crippen molar-refractivity contribution in [2.45, 2.75) is 77.4 Å². The van der Waals surface area contributed by atoms with Crippen LogP contribution in [0.2, 0.25) is 5.04 Å². The zero-order valence-corrected chi connectivity index (χ0v) is 30.8. The van der Waals surface area contributed by atoms with Gasteiger partial charge in [0.2, 0.25) is 0 Å². The third-order valence-electron chi connectivity index (χ3n) is 12.3. The summed E-state index contributed by atoms with van der Waals surface area (Å²) in [6.45, 7) is 12.1. The maximum absolute atomic E-state index is 15.3. The second-order valence-corrected chi connectivity index (χ2v) is 20.0. The summed E-state index contributed by atoms with van der Waals surface area (Å²) >= 11 is 0. The number of ketones is 2. The lowest BCUT2D eigenvalue weighted by Gasteiger charge is -2.68. The molecule has 0 spiro atoms. The van der Waals surface area contributed by atoms with Gasteiger partial charge >= 0.3 is 5.97 Å². The Kier molecular flexibility index (Phi) is 9.47. The van der Waals surface area contributed by atoms with E-state index in [1.807, 2.05) is 57.2 Å². The smallest absolute Gasteiger partial charge is 0.335 e. The second-order valence-electron chi connectivity index (χ2n) is 15.7. The summed E-state index contributed by atoms with van der Waals surface area (Å²) in [7, 11) is -0.217. The Balaban J connectivity index is 1.63. The van der Waals surface area contributed by atoms with E-state index in [9.17, 15) is 14.7 Å². The van der Waals surface area contributed by atoms with E-state index in [0.29, 0.717) is 6.42 Å². The average Bonchev–Trinajstić information content (AvgIpc) is 3.05. The number of ether oxygens (including phenoxy) is 4. The van der Waals surface area contributed by atoms with Crippen molar-refractivity contribution >= 4 is 36.2 Å². The monoisotopic (exact) mass is 690 g/mol. The van der Waals surface area contributed by atoms with Crippen LogP contribution in [0.15, 0.2) is 72.3 Å². The van der Waals surface area contributed by atoms with E-state index in [1.165, 1.54) is 14.2 Å². The molecule has 1 heterocycles. The molecule has 1 saturated heterocycles. The Morgan fingerprint density at radius 3 is 2.10 bits per heavy atom. The van der Waals surface area contributed by atoms with Gasteiger partial charge in [-0.2, -0.15) is 0 Å². The molecule has 0 unspecified atom stereocenters. The maximum atomic E-state index is 15.3. The standard InChI is InChI=1S/C39H50O9Si/c1-23-19-28(40)35(45-8)38(6)27(23)20-29-39(30(31(41)36(43)48-29)24(2)33(46-22-44-7)32(42)34(38)39)21-47-49(37(3,4)5,25-15-11-9-12-16-25)26-17-13-10-14-18-26/h9-19,24,27,29-31,33-35,41H,20-22H2,1-8H3/t24-,27+,29-,30-,31-,33-,34-,35-,38+,39+/m1/s1. The lowest BCUT2D eigenvalue weighted by Crippen LogP contribution is -2.78. The highest BCUT2D eigenvalue weighted by molar-refractivity contribution is 6.99. The van der Waals surface area contributed by atoms with E-state index in [0.717, 1.165) is 15.9 Å². The summed E-state index contributed by atoms with van der Waals surface area (Å²) < 4.78 is 31.2. The number of rotatable bonds is 9. The van der Waals surface area contributed by atoms with Gasteiger partial charge in [-0.3, -0.25) is 9.59 Å². The van der Waals surface area contributed by atoms with Gasteiger partial charge in [-0.05, 0) is 46.7 Å². The van der Waals surface area contributed by atoms with Crippen molar-refractivity contribution in [1.29, 1.82) is 0 Å². The lowest BCUT2D eigenvalue weighted by molar-refractivity contribution is -0.282. The quantitative estimate of drug-likeness (QED) is 0.238. The van der Waals surface area contributed by atoms with E-state index >= 15 is 4.79 Å². The molecule has 2 saturated carbocycles. The van der Waals surface area contributed by atoms with Gasteiger partial charge in [0.05, 0.1) is 0 Å². The van der Waals surface area contributed by atoms with Crippen LogP contribution in [0.25, 0.3) is 0 Å². The number of aliphatic hydroxyl groups is 1. The molecule has 10 heteroatoms. The van der Waals surface area contributed by atoms with E-state index < -0.39 is 72.3 Å². The van der Waals surface area contributed by atoms with Gasteiger partial charge in [0.1, 0.15) is 25.1 Å². The Hall–Kier alpha value is -2.99. The van der Waals surface area contributed by atoms with Gasteiger partial charge in [-0.25, -0.2) is 4.79 Å². The topological polar surface area (TPSA) is 118 Å². The second kappa shape index (κ2) is 13.0. The molecular weight excluding hydrogens is 641 g/mol. The van der Waals surface area contributed by atoms with Crippen LogP contribution >= 0.6 is 0 Å². The molecule has 0 amide bonds. The van der Waals surface area contributed by atoms with E-state index in [1.54, 1.807) is 6.08 Å². The van der Waals surface area contributed by atoms with Crippen LogP contribution < -0.4 is 10.4 Å². The summed E-state index contributed by atoms with van der Waals surface area (Å²) in [5.41, 5.74) is -1.48. The van der Waals surface area contributed by atoms with Crippen LogP contribution in [-0.2, 0) is 37.8 Å². The number of methoxy groups -OCH3 is 2. The molecular formula is C39H50O9Si. The molecule has 6 rings (SSSR count). The minimum atomic E-state index is -3.20. The fourth-order valence-corrected chi connectivity index (χ4v) is 15.2. The molecule has 10 atom stereocenters. The van der Waals surface area contributed by atoms with Crippen molar-refractivity contribution in [3.05, 3.63) is 72.3 Å². The summed E-state index contributed by atoms with van der Waals surface area (Å²) in [4.78, 5) is 42.6. The highest BCUT2D eigenvalue weighted by atomic mass is 28.4. The molecule has 3 fully saturated rings. The number of carbonyl (C=O) groups is 3. The van der Waals surface area contributed by atoms with Crippen LogP contribution in [0, 0.1) is 34.5 Å². The average molecular weight is 691 g/mol. The van der Waals surface area contributed by atoms with Crippen LogP contribution in [0.5, 0.6) is 0 Å². The van der Waals surface area contributed by atoms with Crippen LogP contribution in [0.1, 0.15) is 48.0 Å². The summed E-state index contributed by atoms with van der Waals surface area (Å²) in [6, 6.07) is 20.4. The van der Waals surface area contributed by atoms with Crippen molar-refractivity contribution < 1.29 is 42.9 Å². The van der Waals surface area contributed by atoms with Crippen molar-refractivity contribution in [2.24, 2.45) is 34.5 Å². The van der Waals surface area contributed by atoms with Crippen molar-refractivity contribution in [3.8, 4) is 0 Å². The van der Waals surface area contributed by atoms with Gasteiger partial charge in [-0.1, -0.05) is 101 Å². The van der Waals surface area contributed by atoms with E-state index in [4.69, 9.17) is 23.4 Å². The summed E-state index contributed by atoms with van der Waals surface area (Å²) in [6.07, 6.45) is -2.34. The molecule has 0 aromatic heterocycles. The predicted octanol–water partition coefficient (Wildman–Crippen LogP) is 3.85. The van der Waals surface area contributed by atoms with Crippen LogP contribution in [0.3, 0.4) is 0 Å². The predicted molar refractivity (Wildman–Crippen MR) is 186 cm³/mol. The van der Waals surface area contributed by atoms with Crippen molar-refractivity contribution in [1.82, 2.24) is 0 Å². The van der Waals surface area contributed by atoms with E-state index in [-0.39, 0.29) is 30.9 Å². The van der Waals surface area contributed by atoms with Crippen molar-refractivity contribution in [2.75, 3.05) is 27.6 Å². The Morgan fingerprint density at radius 1 is 0.980 bits per heavy atom. The molecule has 1 aliphatic heterocycles. The minimum absolute atomic E-state index is 0.00734. The molecule has 0 radical (unpaired) electrons. The molecule has 2 aromatic carbocycles. The molecule has 3 aliphatic carbocycles. The Morgan fingerprint density at radius 2 is 1.57 bits per heavy atom. The lowest BCUT2D eigenvalue weighted by atomic mass is 9.38. The van der Waals surface area contributed by atoms with E-state index in [2.05, 4.69) is 45.0 Å². The van der Waals surface area contributed by atoms with Gasteiger partial charge < -0.3 is 28.5 Å². The molecule has 49 heavy (non-hydrogen) atoms. The van der Waals surface area contributed by atoms with Gasteiger partial charge in [0.25, 0.3) is 8.32 Å². The first-order valence-corrected chi connectivity index (χ1v) is 19.1. The van der Waals surface area contributed by atoms with Gasteiger partial charge in [0, 0.05) is 43.5 Å². The highest BCUT2D eigenvalue weighted by Gasteiger charge is 2.77. The SMILES string of the molecule is COCO[C@H]1C(=O)[C@@H]2[C@@]3(C)[C@H](OC)C(=O)C=C(C)[C@@H]3C[C@H]3OC(=O)[C@H](O)[C@@H]([C@H]1C)[C@@]23CO[Si](c1ccccc1)(c1ccccc1)C(C)(C)C. The fraction of sp³-hybridized carbons (Fsp3) is 0.564. The first-order chi connectivity index (χ1) is 23.2. The number of esters is 1. The fourth-order valence-electron chi connectivity index (χ4n) is 10.6. The maximum Gasteiger partial charge on any atom is 0.335 e. The Bertz CT molecular complexity index is 1560. The third-order valence-corrected chi connectivity index (χ3v) is 17.3. The number of fused-ring (bicyclic) bond motifs is 2. The summed E-state index contributed by atoms with van der Waals surface area (Å²) in [5, 5.41) is 13.6.